The third-order valence-corrected chi connectivity index (χ3v) is 1.42. The third-order valence-electron chi connectivity index (χ3n) is 1.42. The highest BCUT2D eigenvalue weighted by Gasteiger charge is 2.08. The van der Waals surface area contributed by atoms with Gasteiger partial charge in [-0.25, -0.2) is 9.90 Å². The molecule has 12 heavy (non-hydrogen) atoms. The molecule has 1 N–H and O–H groups in total. The average Bonchev–Trinajstić information content (AvgIpc) is 2.05. The molecule has 0 saturated carbocycles. The fraction of sp³-hybridized carbons (Fsp3) is 0.125. The second-order valence-electron chi connectivity index (χ2n) is 2.17. The molecule has 1 aromatic rings. The first-order valence-corrected chi connectivity index (χ1v) is 3.23. The highest BCUT2D eigenvalue weighted by Crippen LogP contribution is 2.25. The summed E-state index contributed by atoms with van der Waals surface area (Å²) < 4.78 is 4.69. The van der Waals surface area contributed by atoms with Crippen LogP contribution in [0.1, 0.15) is 10.4 Å². The normalized spacial score (nSPS) is 9.42. The lowest BCUT2D eigenvalue weighted by Gasteiger charge is -2.02. The molecule has 0 amide bonds. The number of methoxy groups -OCH3 is 1. The number of benzene rings is 1. The molecule has 0 aromatic heterocycles. The van der Waals surface area contributed by atoms with Crippen LogP contribution >= 0.6 is 0 Å². The second-order valence-corrected chi connectivity index (χ2v) is 2.17. The van der Waals surface area contributed by atoms with Gasteiger partial charge in [0, 0.05) is 0 Å². The summed E-state index contributed by atoms with van der Waals surface area (Å²) in [4.78, 5) is 10.3. The van der Waals surface area contributed by atoms with Crippen LogP contribution in [-0.4, -0.2) is 18.2 Å². The lowest BCUT2D eigenvalue weighted by atomic mass is 10.2. The largest absolute Gasteiger partial charge is 0.504 e. The minimum absolute atomic E-state index is 0.0235. The second kappa shape index (κ2) is 3.13. The number of aromatic hydroxyl groups is 1. The number of carbonyl (C=O) groups excluding carboxylic acids is 1. The number of hydrogen-bond acceptors (Lipinski definition) is 3. The Bertz CT molecular complexity index is 306. The molecule has 4 nitrogen and oxygen atoms in total. The summed E-state index contributed by atoms with van der Waals surface area (Å²) in [6.45, 7) is 0. The van der Waals surface area contributed by atoms with Gasteiger partial charge < -0.3 is 9.84 Å². The number of hydrogen-bond donors (Lipinski definition) is 1. The van der Waals surface area contributed by atoms with Crippen molar-refractivity contribution in [2.45, 2.75) is 0 Å². The van der Waals surface area contributed by atoms with Gasteiger partial charge in [0.05, 0.1) is 12.7 Å². The molecule has 0 unspecified atom stereocenters. The molecule has 0 heterocycles. The van der Waals surface area contributed by atoms with Crippen LogP contribution in [0.25, 0.3) is 0 Å². The van der Waals surface area contributed by atoms with Crippen LogP contribution in [0.15, 0.2) is 18.2 Å². The SMILES string of the molecule is COc1cc(C([O])=O)ccc1O. The van der Waals surface area contributed by atoms with Gasteiger partial charge in [-0.05, 0) is 18.2 Å². The van der Waals surface area contributed by atoms with E-state index in [1.165, 1.54) is 25.3 Å². The van der Waals surface area contributed by atoms with Crippen LogP contribution in [0.3, 0.4) is 0 Å². The van der Waals surface area contributed by atoms with Crippen molar-refractivity contribution in [3.05, 3.63) is 23.8 Å². The molecule has 0 aliphatic rings. The van der Waals surface area contributed by atoms with Gasteiger partial charge in [-0.2, -0.15) is 0 Å². The molecule has 1 rings (SSSR count). The van der Waals surface area contributed by atoms with E-state index < -0.39 is 5.97 Å². The number of ether oxygens (including phenoxy) is 1. The van der Waals surface area contributed by atoms with Gasteiger partial charge in [-0.15, -0.1) is 0 Å². The molecule has 63 valence electrons. The molecule has 0 atom stereocenters. The highest BCUT2D eigenvalue weighted by atomic mass is 16.5. The standard InChI is InChI=1S/C8H7O4/c1-12-7-4-5(8(10)11)2-3-6(7)9/h2-4,9H,1H3. The molecule has 0 bridgehead atoms. The molecule has 0 spiro atoms. The van der Waals surface area contributed by atoms with E-state index in [1.54, 1.807) is 0 Å². The predicted molar refractivity (Wildman–Crippen MR) is 39.7 cm³/mol. The predicted octanol–water partition coefficient (Wildman–Crippen LogP) is 0.972. The topological polar surface area (TPSA) is 66.4 Å². The Kier molecular flexibility index (Phi) is 2.19. The molecule has 1 aromatic carbocycles. The zero-order valence-electron chi connectivity index (χ0n) is 6.40. The van der Waals surface area contributed by atoms with Crippen molar-refractivity contribution in [3.8, 4) is 11.5 Å². The minimum atomic E-state index is -1.30. The number of phenolic OH excluding ortho intramolecular Hbond substituents is 1. The third kappa shape index (κ3) is 1.47. The summed E-state index contributed by atoms with van der Waals surface area (Å²) in [5.41, 5.74) is -0.0235. The maximum Gasteiger partial charge on any atom is 0.386 e. The number of phenols is 1. The summed E-state index contributed by atoms with van der Waals surface area (Å²) in [7, 11) is 1.34. The van der Waals surface area contributed by atoms with E-state index in [1.807, 2.05) is 0 Å². The van der Waals surface area contributed by atoms with E-state index in [0.717, 1.165) is 0 Å². The van der Waals surface area contributed by atoms with Crippen molar-refractivity contribution in [1.82, 2.24) is 0 Å². The highest BCUT2D eigenvalue weighted by molar-refractivity contribution is 5.88. The first kappa shape index (κ1) is 8.39. The van der Waals surface area contributed by atoms with Crippen molar-refractivity contribution >= 4 is 5.97 Å². The van der Waals surface area contributed by atoms with Crippen molar-refractivity contribution in [2.24, 2.45) is 0 Å². The summed E-state index contributed by atoms with van der Waals surface area (Å²) in [5, 5.41) is 19.4. The summed E-state index contributed by atoms with van der Waals surface area (Å²) in [6.07, 6.45) is 0. The van der Waals surface area contributed by atoms with Crippen molar-refractivity contribution < 1.29 is 19.7 Å². The Balaban J connectivity index is 3.13. The average molecular weight is 167 g/mol. The van der Waals surface area contributed by atoms with Crippen LogP contribution in [0.2, 0.25) is 0 Å². The van der Waals surface area contributed by atoms with E-state index in [-0.39, 0.29) is 17.1 Å². The fourth-order valence-electron chi connectivity index (χ4n) is 0.805. The number of carbonyl (C=O) groups is 1. The van der Waals surface area contributed by atoms with Gasteiger partial charge in [0.25, 0.3) is 0 Å². The Morgan fingerprint density at radius 2 is 2.17 bits per heavy atom. The van der Waals surface area contributed by atoms with Crippen molar-refractivity contribution in [2.75, 3.05) is 7.11 Å². The molecule has 0 saturated heterocycles. The maximum atomic E-state index is 10.3. The van der Waals surface area contributed by atoms with E-state index in [4.69, 9.17) is 9.84 Å². The molecule has 0 fully saturated rings. The van der Waals surface area contributed by atoms with Crippen LogP contribution in [0, 0.1) is 0 Å². The molecular formula is C8H7O4. The maximum absolute atomic E-state index is 10.3. The Hall–Kier alpha value is -1.71. The summed E-state index contributed by atoms with van der Waals surface area (Å²) in [6, 6.07) is 3.68. The fourth-order valence-corrected chi connectivity index (χ4v) is 0.805. The molecule has 0 aliphatic heterocycles. The first-order valence-electron chi connectivity index (χ1n) is 3.23. The lowest BCUT2D eigenvalue weighted by Crippen LogP contribution is -1.94. The quantitative estimate of drug-likeness (QED) is 0.713. The summed E-state index contributed by atoms with van der Waals surface area (Å²) >= 11 is 0. The monoisotopic (exact) mass is 167 g/mol. The van der Waals surface area contributed by atoms with E-state index in [2.05, 4.69) is 0 Å². The van der Waals surface area contributed by atoms with Crippen molar-refractivity contribution in [1.29, 1.82) is 0 Å². The van der Waals surface area contributed by atoms with Gasteiger partial charge in [0.2, 0.25) is 0 Å². The van der Waals surface area contributed by atoms with Crippen molar-refractivity contribution in [3.63, 3.8) is 0 Å². The van der Waals surface area contributed by atoms with Gasteiger partial charge in [0.1, 0.15) is 0 Å². The zero-order chi connectivity index (χ0) is 9.14. The zero-order valence-corrected chi connectivity index (χ0v) is 6.40. The van der Waals surface area contributed by atoms with Gasteiger partial charge in [0.15, 0.2) is 11.5 Å². The molecule has 1 radical (unpaired) electrons. The lowest BCUT2D eigenvalue weighted by molar-refractivity contribution is 0.0573. The van der Waals surface area contributed by atoms with Crippen LogP contribution < -0.4 is 4.74 Å². The Labute approximate surface area is 69.0 Å². The van der Waals surface area contributed by atoms with Crippen LogP contribution in [-0.2, 0) is 5.11 Å². The molecule has 4 heteroatoms. The smallest absolute Gasteiger partial charge is 0.386 e. The van der Waals surface area contributed by atoms with Crippen LogP contribution in [0.4, 0.5) is 0 Å². The minimum Gasteiger partial charge on any atom is -0.504 e. The number of rotatable bonds is 2. The summed E-state index contributed by atoms with van der Waals surface area (Å²) in [5.74, 6) is -1.27. The van der Waals surface area contributed by atoms with Gasteiger partial charge in [-0.3, -0.25) is 0 Å². The Morgan fingerprint density at radius 1 is 1.50 bits per heavy atom. The van der Waals surface area contributed by atoms with Crippen LogP contribution in [0.5, 0.6) is 11.5 Å². The molecule has 0 aliphatic carbocycles. The molecular weight excluding hydrogens is 160 g/mol. The van der Waals surface area contributed by atoms with Gasteiger partial charge in [-0.1, -0.05) is 0 Å². The van der Waals surface area contributed by atoms with Gasteiger partial charge >= 0.3 is 5.97 Å². The van der Waals surface area contributed by atoms with E-state index in [9.17, 15) is 9.90 Å². The first-order chi connectivity index (χ1) is 5.65. The van der Waals surface area contributed by atoms with E-state index in [0.29, 0.717) is 0 Å². The van der Waals surface area contributed by atoms with E-state index >= 15 is 0 Å². The Morgan fingerprint density at radius 3 is 2.67 bits per heavy atom.